The summed E-state index contributed by atoms with van der Waals surface area (Å²) in [7, 11) is 0. The fraction of sp³-hybridized carbons (Fsp3) is 0.500. The number of aromatic hydroxyl groups is 1. The van der Waals surface area contributed by atoms with Gasteiger partial charge in [0.25, 0.3) is 0 Å². The van der Waals surface area contributed by atoms with Crippen LogP contribution in [-0.4, -0.2) is 22.7 Å². The Hall–Kier alpha value is -0.740. The standard InChI is InChI=1S/C12H16FNOS/c1-16-12(5-6-12)8-14-7-9-3-2-4-10(13)11(9)15/h2-4,14-15H,5-8H2,1H3. The maximum absolute atomic E-state index is 13.0. The Morgan fingerprint density at radius 2 is 2.25 bits per heavy atom. The van der Waals surface area contributed by atoms with Gasteiger partial charge in [-0.3, -0.25) is 0 Å². The predicted octanol–water partition coefficient (Wildman–Crippen LogP) is 2.52. The molecule has 1 aromatic rings. The SMILES string of the molecule is CSC1(CNCc2cccc(F)c2O)CC1. The smallest absolute Gasteiger partial charge is 0.165 e. The molecule has 1 fully saturated rings. The van der Waals surface area contributed by atoms with E-state index in [1.807, 2.05) is 11.8 Å². The molecule has 0 saturated heterocycles. The number of thioether (sulfide) groups is 1. The van der Waals surface area contributed by atoms with Crippen molar-refractivity contribution in [3.63, 3.8) is 0 Å². The third kappa shape index (κ3) is 2.50. The molecule has 0 heterocycles. The molecular weight excluding hydrogens is 225 g/mol. The number of phenols is 1. The summed E-state index contributed by atoms with van der Waals surface area (Å²) in [5.74, 6) is -0.783. The molecule has 0 radical (unpaired) electrons. The lowest BCUT2D eigenvalue weighted by molar-refractivity contribution is 0.423. The van der Waals surface area contributed by atoms with Crippen molar-refractivity contribution >= 4 is 11.8 Å². The third-order valence-electron chi connectivity index (χ3n) is 3.07. The predicted molar refractivity (Wildman–Crippen MR) is 65.3 cm³/mol. The van der Waals surface area contributed by atoms with Gasteiger partial charge in [-0.05, 0) is 25.2 Å². The number of para-hydroxylation sites is 1. The summed E-state index contributed by atoms with van der Waals surface area (Å²) in [6.07, 6.45) is 4.61. The van der Waals surface area contributed by atoms with E-state index < -0.39 is 5.82 Å². The first kappa shape index (κ1) is 11.7. The molecule has 1 saturated carbocycles. The van der Waals surface area contributed by atoms with Crippen molar-refractivity contribution in [3.8, 4) is 5.75 Å². The zero-order valence-corrected chi connectivity index (χ0v) is 10.1. The van der Waals surface area contributed by atoms with Crippen molar-refractivity contribution in [2.45, 2.75) is 24.1 Å². The number of nitrogens with one attached hydrogen (secondary N) is 1. The Kier molecular flexibility index (Phi) is 3.40. The van der Waals surface area contributed by atoms with Crippen LogP contribution < -0.4 is 5.32 Å². The second-order valence-corrected chi connectivity index (χ2v) is 5.51. The van der Waals surface area contributed by atoms with Gasteiger partial charge in [-0.25, -0.2) is 4.39 Å². The summed E-state index contributed by atoms with van der Waals surface area (Å²) >= 11 is 1.88. The van der Waals surface area contributed by atoms with Crippen molar-refractivity contribution in [2.75, 3.05) is 12.8 Å². The molecule has 2 rings (SSSR count). The lowest BCUT2D eigenvalue weighted by Gasteiger charge is -2.13. The molecule has 0 atom stereocenters. The van der Waals surface area contributed by atoms with Gasteiger partial charge in [0.05, 0.1) is 0 Å². The quantitative estimate of drug-likeness (QED) is 0.831. The topological polar surface area (TPSA) is 32.3 Å². The molecule has 2 N–H and O–H groups in total. The summed E-state index contributed by atoms with van der Waals surface area (Å²) in [6.45, 7) is 1.44. The molecule has 0 unspecified atom stereocenters. The van der Waals surface area contributed by atoms with Crippen LogP contribution >= 0.6 is 11.8 Å². The first-order valence-electron chi connectivity index (χ1n) is 5.39. The maximum Gasteiger partial charge on any atom is 0.165 e. The number of hydrogen-bond acceptors (Lipinski definition) is 3. The molecule has 0 amide bonds. The number of phenolic OH excluding ortho intramolecular Hbond substituents is 1. The van der Waals surface area contributed by atoms with E-state index in [0.29, 0.717) is 16.9 Å². The summed E-state index contributed by atoms with van der Waals surface area (Å²) in [6, 6.07) is 4.63. The highest BCUT2D eigenvalue weighted by atomic mass is 32.2. The molecule has 1 aliphatic carbocycles. The Balaban J connectivity index is 1.88. The monoisotopic (exact) mass is 241 g/mol. The van der Waals surface area contributed by atoms with E-state index >= 15 is 0 Å². The van der Waals surface area contributed by atoms with Crippen molar-refractivity contribution in [1.29, 1.82) is 0 Å². The van der Waals surface area contributed by atoms with Crippen molar-refractivity contribution in [3.05, 3.63) is 29.6 Å². The third-order valence-corrected chi connectivity index (χ3v) is 4.49. The molecule has 1 aliphatic rings. The minimum absolute atomic E-state index is 0.232. The van der Waals surface area contributed by atoms with E-state index in [9.17, 15) is 9.50 Å². The Labute approximate surface area is 99.2 Å². The van der Waals surface area contributed by atoms with Crippen LogP contribution in [0.3, 0.4) is 0 Å². The van der Waals surface area contributed by atoms with Crippen LogP contribution in [0, 0.1) is 5.82 Å². The van der Waals surface area contributed by atoms with E-state index in [2.05, 4.69) is 11.6 Å². The minimum Gasteiger partial charge on any atom is -0.505 e. The molecule has 2 nitrogen and oxygen atoms in total. The highest BCUT2D eigenvalue weighted by Crippen LogP contribution is 2.46. The zero-order chi connectivity index (χ0) is 11.6. The highest BCUT2D eigenvalue weighted by Gasteiger charge is 2.41. The Bertz CT molecular complexity index is 379. The van der Waals surface area contributed by atoms with Gasteiger partial charge in [0.1, 0.15) is 0 Å². The van der Waals surface area contributed by atoms with Crippen LogP contribution in [0.4, 0.5) is 4.39 Å². The van der Waals surface area contributed by atoms with Gasteiger partial charge in [-0.1, -0.05) is 12.1 Å². The van der Waals surface area contributed by atoms with Gasteiger partial charge < -0.3 is 10.4 Å². The van der Waals surface area contributed by atoms with Gasteiger partial charge in [-0.2, -0.15) is 11.8 Å². The largest absolute Gasteiger partial charge is 0.505 e. The van der Waals surface area contributed by atoms with Crippen LogP contribution in [0.25, 0.3) is 0 Å². The average molecular weight is 241 g/mol. The summed E-state index contributed by atoms with van der Waals surface area (Å²) in [4.78, 5) is 0. The van der Waals surface area contributed by atoms with Gasteiger partial charge >= 0.3 is 0 Å². The van der Waals surface area contributed by atoms with Crippen molar-refractivity contribution in [2.24, 2.45) is 0 Å². The molecule has 0 aromatic heterocycles. The molecule has 0 spiro atoms. The van der Waals surface area contributed by atoms with Crippen LogP contribution in [-0.2, 0) is 6.54 Å². The molecule has 88 valence electrons. The zero-order valence-electron chi connectivity index (χ0n) is 9.29. The number of rotatable bonds is 5. The van der Waals surface area contributed by atoms with E-state index in [4.69, 9.17) is 0 Å². The van der Waals surface area contributed by atoms with E-state index in [1.54, 1.807) is 12.1 Å². The maximum atomic E-state index is 13.0. The number of hydrogen-bond donors (Lipinski definition) is 2. The number of halogens is 1. The van der Waals surface area contributed by atoms with Gasteiger partial charge in [-0.15, -0.1) is 0 Å². The normalized spacial score (nSPS) is 17.4. The lowest BCUT2D eigenvalue weighted by atomic mass is 10.2. The molecule has 1 aromatic carbocycles. The highest BCUT2D eigenvalue weighted by molar-refractivity contribution is 8.00. The first-order chi connectivity index (χ1) is 7.67. The summed E-state index contributed by atoms with van der Waals surface area (Å²) in [5.41, 5.74) is 0.622. The van der Waals surface area contributed by atoms with E-state index in [1.165, 1.54) is 18.9 Å². The lowest BCUT2D eigenvalue weighted by Crippen LogP contribution is -2.25. The van der Waals surface area contributed by atoms with Gasteiger partial charge in [0.15, 0.2) is 11.6 Å². The molecular formula is C12H16FNOS. The Morgan fingerprint density at radius 1 is 1.50 bits per heavy atom. The fourth-order valence-electron chi connectivity index (χ4n) is 1.72. The van der Waals surface area contributed by atoms with Crippen LogP contribution in [0.15, 0.2) is 18.2 Å². The summed E-state index contributed by atoms with van der Waals surface area (Å²) < 4.78 is 13.4. The second kappa shape index (κ2) is 4.63. The second-order valence-electron chi connectivity index (χ2n) is 4.24. The minimum atomic E-state index is -0.551. The fourth-order valence-corrected chi connectivity index (χ4v) is 2.48. The summed E-state index contributed by atoms with van der Waals surface area (Å²) in [5, 5.41) is 12.8. The molecule has 0 bridgehead atoms. The molecule has 16 heavy (non-hydrogen) atoms. The van der Waals surface area contributed by atoms with Gasteiger partial charge in [0, 0.05) is 23.4 Å². The van der Waals surface area contributed by atoms with E-state index in [-0.39, 0.29) is 5.75 Å². The molecule has 4 heteroatoms. The average Bonchev–Trinajstić information content (AvgIpc) is 3.05. The molecule has 0 aliphatic heterocycles. The van der Waals surface area contributed by atoms with Crippen molar-refractivity contribution in [1.82, 2.24) is 5.32 Å². The van der Waals surface area contributed by atoms with E-state index in [0.717, 1.165) is 6.54 Å². The van der Waals surface area contributed by atoms with Crippen LogP contribution in [0.5, 0.6) is 5.75 Å². The van der Waals surface area contributed by atoms with Gasteiger partial charge in [0.2, 0.25) is 0 Å². The van der Waals surface area contributed by atoms with Crippen molar-refractivity contribution < 1.29 is 9.50 Å². The Morgan fingerprint density at radius 3 is 2.88 bits per heavy atom. The van der Waals surface area contributed by atoms with Crippen LogP contribution in [0.1, 0.15) is 18.4 Å². The number of benzene rings is 1. The van der Waals surface area contributed by atoms with Crippen LogP contribution in [0.2, 0.25) is 0 Å². The first-order valence-corrected chi connectivity index (χ1v) is 6.62.